The van der Waals surface area contributed by atoms with Gasteiger partial charge in [0.15, 0.2) is 0 Å². The summed E-state index contributed by atoms with van der Waals surface area (Å²) < 4.78 is 0.898. The minimum Gasteiger partial charge on any atom is -0.311 e. The van der Waals surface area contributed by atoms with Gasteiger partial charge >= 0.3 is 0 Å². The van der Waals surface area contributed by atoms with E-state index in [-0.39, 0.29) is 5.91 Å². The first-order chi connectivity index (χ1) is 7.20. The summed E-state index contributed by atoms with van der Waals surface area (Å²) in [5, 5.41) is 0.872. The van der Waals surface area contributed by atoms with Gasteiger partial charge in [-0.1, -0.05) is 15.9 Å². The van der Waals surface area contributed by atoms with Gasteiger partial charge in [0.2, 0.25) is 5.91 Å². The van der Waals surface area contributed by atoms with Crippen molar-refractivity contribution in [3.05, 3.63) is 22.9 Å². The van der Waals surface area contributed by atoms with E-state index in [4.69, 9.17) is 0 Å². The quantitative estimate of drug-likeness (QED) is 0.779. The Morgan fingerprint density at radius 3 is 2.93 bits per heavy atom. The van der Waals surface area contributed by atoms with E-state index in [1.165, 1.54) is 0 Å². The van der Waals surface area contributed by atoms with Crippen molar-refractivity contribution in [2.75, 3.05) is 16.8 Å². The number of carbonyl (C=O) groups excluding carboxylic acids is 1. The van der Waals surface area contributed by atoms with Crippen LogP contribution in [0.5, 0.6) is 0 Å². The second-order valence-electron chi connectivity index (χ2n) is 3.59. The summed E-state index contributed by atoms with van der Waals surface area (Å²) in [4.78, 5) is 17.6. The normalized spacial score (nSPS) is 21.1. The van der Waals surface area contributed by atoms with Crippen LogP contribution in [0, 0.1) is 5.92 Å². The molecule has 0 aliphatic carbocycles. The Kier molecular flexibility index (Phi) is 3.41. The van der Waals surface area contributed by atoms with Crippen molar-refractivity contribution < 1.29 is 4.79 Å². The predicted molar refractivity (Wildman–Crippen MR) is 66.2 cm³/mol. The summed E-state index contributed by atoms with van der Waals surface area (Å²) in [6.07, 6.45) is 4.06. The SMILES string of the molecule is O=C1CC(CBr)CN1c1cncc(Br)c1. The second kappa shape index (κ2) is 4.61. The van der Waals surface area contributed by atoms with Crippen molar-refractivity contribution in [2.24, 2.45) is 5.92 Å². The first-order valence-corrected chi connectivity index (χ1v) is 6.59. The molecule has 3 nitrogen and oxygen atoms in total. The Morgan fingerprint density at radius 2 is 2.33 bits per heavy atom. The van der Waals surface area contributed by atoms with Gasteiger partial charge < -0.3 is 4.90 Å². The van der Waals surface area contributed by atoms with E-state index >= 15 is 0 Å². The van der Waals surface area contributed by atoms with Crippen molar-refractivity contribution >= 4 is 43.5 Å². The molecule has 1 aromatic rings. The number of hydrogen-bond acceptors (Lipinski definition) is 2. The Labute approximate surface area is 105 Å². The molecular formula is C10H10Br2N2O. The van der Waals surface area contributed by atoms with Gasteiger partial charge in [0, 0.05) is 29.0 Å². The van der Waals surface area contributed by atoms with E-state index in [1.54, 1.807) is 17.3 Å². The second-order valence-corrected chi connectivity index (χ2v) is 5.15. The number of pyridine rings is 1. The van der Waals surface area contributed by atoms with Crippen molar-refractivity contribution in [1.82, 2.24) is 4.98 Å². The molecular weight excluding hydrogens is 324 g/mol. The molecule has 1 aromatic heterocycles. The van der Waals surface area contributed by atoms with Crippen LogP contribution in [0.2, 0.25) is 0 Å². The molecule has 0 spiro atoms. The molecule has 0 radical (unpaired) electrons. The van der Waals surface area contributed by atoms with Gasteiger partial charge in [-0.25, -0.2) is 0 Å². The molecule has 0 N–H and O–H groups in total. The number of halogens is 2. The van der Waals surface area contributed by atoms with Crippen LogP contribution in [-0.2, 0) is 4.79 Å². The Bertz CT molecular complexity index is 383. The van der Waals surface area contributed by atoms with Crippen LogP contribution in [0.15, 0.2) is 22.9 Å². The van der Waals surface area contributed by atoms with E-state index in [1.807, 2.05) is 6.07 Å². The fourth-order valence-electron chi connectivity index (χ4n) is 1.68. The third kappa shape index (κ3) is 2.39. The summed E-state index contributed by atoms with van der Waals surface area (Å²) >= 11 is 6.77. The lowest BCUT2D eigenvalue weighted by molar-refractivity contribution is -0.117. The van der Waals surface area contributed by atoms with Gasteiger partial charge in [0.1, 0.15) is 0 Å². The Morgan fingerprint density at radius 1 is 1.53 bits per heavy atom. The number of hydrogen-bond donors (Lipinski definition) is 0. The van der Waals surface area contributed by atoms with Crippen molar-refractivity contribution in [2.45, 2.75) is 6.42 Å². The lowest BCUT2D eigenvalue weighted by Gasteiger charge is -2.15. The summed E-state index contributed by atoms with van der Waals surface area (Å²) in [7, 11) is 0. The van der Waals surface area contributed by atoms with Crippen molar-refractivity contribution in [3.63, 3.8) is 0 Å². The minimum atomic E-state index is 0.180. The van der Waals surface area contributed by atoms with E-state index in [9.17, 15) is 4.79 Å². The highest BCUT2D eigenvalue weighted by Gasteiger charge is 2.29. The molecule has 0 aromatic carbocycles. The van der Waals surface area contributed by atoms with Crippen LogP contribution < -0.4 is 4.90 Å². The molecule has 0 saturated carbocycles. The van der Waals surface area contributed by atoms with Crippen LogP contribution in [-0.4, -0.2) is 22.8 Å². The van der Waals surface area contributed by atoms with Gasteiger partial charge in [0.05, 0.1) is 11.9 Å². The van der Waals surface area contributed by atoms with Gasteiger partial charge in [-0.3, -0.25) is 9.78 Å². The van der Waals surface area contributed by atoms with Gasteiger partial charge in [0.25, 0.3) is 0 Å². The lowest BCUT2D eigenvalue weighted by Crippen LogP contribution is -2.24. The zero-order valence-electron chi connectivity index (χ0n) is 7.99. The molecule has 1 aliphatic heterocycles. The summed E-state index contributed by atoms with van der Waals surface area (Å²) in [6, 6.07) is 1.92. The topological polar surface area (TPSA) is 33.2 Å². The predicted octanol–water partition coefficient (Wildman–Crippen LogP) is 2.59. The van der Waals surface area contributed by atoms with Crippen LogP contribution >= 0.6 is 31.9 Å². The maximum absolute atomic E-state index is 11.7. The molecule has 1 amide bonds. The third-order valence-corrected chi connectivity index (χ3v) is 3.77. The monoisotopic (exact) mass is 332 g/mol. The Balaban J connectivity index is 2.21. The molecule has 80 valence electrons. The molecule has 15 heavy (non-hydrogen) atoms. The molecule has 1 saturated heterocycles. The molecule has 0 bridgehead atoms. The molecule has 2 heterocycles. The van der Waals surface area contributed by atoms with Crippen LogP contribution in [0.25, 0.3) is 0 Å². The zero-order chi connectivity index (χ0) is 10.8. The average Bonchev–Trinajstić information content (AvgIpc) is 2.60. The molecule has 1 fully saturated rings. The van der Waals surface area contributed by atoms with E-state index < -0.39 is 0 Å². The molecule has 5 heteroatoms. The summed E-state index contributed by atoms with van der Waals surface area (Å²) in [6.45, 7) is 0.780. The number of nitrogens with zero attached hydrogens (tertiary/aromatic N) is 2. The van der Waals surface area contributed by atoms with Crippen molar-refractivity contribution in [3.8, 4) is 0 Å². The van der Waals surface area contributed by atoms with Crippen LogP contribution in [0.1, 0.15) is 6.42 Å². The first kappa shape index (κ1) is 11.1. The van der Waals surface area contributed by atoms with Gasteiger partial charge in [-0.15, -0.1) is 0 Å². The minimum absolute atomic E-state index is 0.180. The number of rotatable bonds is 2. The van der Waals surface area contributed by atoms with Gasteiger partial charge in [-0.2, -0.15) is 0 Å². The number of anilines is 1. The number of amides is 1. The van der Waals surface area contributed by atoms with Crippen molar-refractivity contribution in [1.29, 1.82) is 0 Å². The zero-order valence-corrected chi connectivity index (χ0v) is 11.2. The molecule has 1 aliphatic rings. The highest BCUT2D eigenvalue weighted by atomic mass is 79.9. The van der Waals surface area contributed by atoms with Crippen LogP contribution in [0.3, 0.4) is 0 Å². The van der Waals surface area contributed by atoms with E-state index in [0.29, 0.717) is 12.3 Å². The maximum atomic E-state index is 11.7. The standard InChI is InChI=1S/C10H10Br2N2O/c11-3-7-1-10(15)14(6-7)9-2-8(12)4-13-5-9/h2,4-5,7H,1,3,6H2. The first-order valence-electron chi connectivity index (χ1n) is 4.67. The average molecular weight is 334 g/mol. The van der Waals surface area contributed by atoms with E-state index in [0.717, 1.165) is 22.0 Å². The summed E-state index contributed by atoms with van der Waals surface area (Å²) in [5.41, 5.74) is 0.873. The maximum Gasteiger partial charge on any atom is 0.227 e. The van der Waals surface area contributed by atoms with E-state index in [2.05, 4.69) is 36.8 Å². The third-order valence-electron chi connectivity index (χ3n) is 2.43. The highest BCUT2D eigenvalue weighted by molar-refractivity contribution is 9.10. The Hall–Kier alpha value is -0.420. The fraction of sp³-hybridized carbons (Fsp3) is 0.400. The van der Waals surface area contributed by atoms with Crippen LogP contribution in [0.4, 0.5) is 5.69 Å². The number of carbonyl (C=O) groups is 1. The summed E-state index contributed by atoms with van der Waals surface area (Å²) in [5.74, 6) is 0.593. The molecule has 2 rings (SSSR count). The fourth-order valence-corrected chi connectivity index (χ4v) is 2.47. The lowest BCUT2D eigenvalue weighted by atomic mass is 10.2. The van der Waals surface area contributed by atoms with Gasteiger partial charge in [-0.05, 0) is 27.9 Å². The highest BCUT2D eigenvalue weighted by Crippen LogP contribution is 2.27. The number of aromatic nitrogens is 1. The number of alkyl halides is 1. The molecule has 1 atom stereocenters. The smallest absolute Gasteiger partial charge is 0.227 e. The largest absolute Gasteiger partial charge is 0.311 e. The molecule has 1 unspecified atom stereocenters.